The maximum Gasteiger partial charge on any atom is 0.294 e. The van der Waals surface area contributed by atoms with Gasteiger partial charge in [0, 0.05) is 130 Å². The van der Waals surface area contributed by atoms with Crippen LogP contribution in [-0.4, -0.2) is 88.9 Å². The summed E-state index contributed by atoms with van der Waals surface area (Å²) in [6.07, 6.45) is 9.94. The van der Waals surface area contributed by atoms with Crippen molar-refractivity contribution in [3.63, 3.8) is 0 Å². The minimum absolute atomic E-state index is 0.0488. The number of hydrogen-bond donors (Lipinski definition) is 3. The van der Waals surface area contributed by atoms with E-state index < -0.39 is 61.3 Å². The van der Waals surface area contributed by atoms with E-state index in [4.69, 9.17) is 28.4 Å². The zero-order valence-corrected chi connectivity index (χ0v) is 59.4. The molecule has 1 aliphatic carbocycles. The predicted octanol–water partition coefficient (Wildman–Crippen LogP) is 12.1. The first-order chi connectivity index (χ1) is 44.9. The summed E-state index contributed by atoms with van der Waals surface area (Å²) in [6, 6.07) is 20.1. The van der Waals surface area contributed by atoms with Crippen LogP contribution < -0.4 is 28.4 Å². The van der Waals surface area contributed by atoms with E-state index in [-0.39, 0.29) is 75.6 Å². The Hall–Kier alpha value is -8.52. The van der Waals surface area contributed by atoms with Crippen LogP contribution in [0.4, 0.5) is 0 Å². The van der Waals surface area contributed by atoms with Crippen molar-refractivity contribution in [2.75, 3.05) is 21.3 Å². The third kappa shape index (κ3) is 15.5. The van der Waals surface area contributed by atoms with Gasteiger partial charge in [-0.3, -0.25) is 13.7 Å². The number of rotatable bonds is 15. The number of hydrogen-bond acceptors (Lipinski definition) is 15. The second-order valence-corrected chi connectivity index (χ2v) is 31.9. The molecule has 1 aliphatic rings. The summed E-state index contributed by atoms with van der Waals surface area (Å²) in [4.78, 5) is 12.4. The van der Waals surface area contributed by atoms with Crippen molar-refractivity contribution in [3.8, 4) is 34.5 Å². The van der Waals surface area contributed by atoms with Crippen LogP contribution in [0.15, 0.2) is 125 Å². The second-order valence-electron chi connectivity index (χ2n) is 27.7. The van der Waals surface area contributed by atoms with Crippen molar-refractivity contribution in [1.29, 1.82) is 0 Å². The first-order valence-corrected chi connectivity index (χ1v) is 35.5. The molecule has 3 aromatic heterocycles. The largest absolute Gasteiger partial charge is 0.496 e. The van der Waals surface area contributed by atoms with Crippen molar-refractivity contribution in [2.45, 2.75) is 152 Å². The Morgan fingerprint density at radius 1 is 0.344 bits per heavy atom. The molecule has 10 rings (SSSR count). The Labute approximate surface area is 562 Å². The van der Waals surface area contributed by atoms with Gasteiger partial charge in [0.05, 0.1) is 36.0 Å². The zero-order chi connectivity index (χ0) is 69.8. The van der Waals surface area contributed by atoms with E-state index in [2.05, 4.69) is 15.0 Å². The molecule has 24 heteroatoms. The SMILES string of the molecule is COc1c2cc(S(=O)(=O)O)cc1Cc1cc(C(C)(C)C)cc(c1OCc1nccn1C)Cc1cc(S(=O)(=O)O)cc(c1OC)Cc1cc(C(C)(C)C)cc(c1OCc1nccn1C)Cc1cc(S(=O)(=O)O)cc(c1OC)Cc1cc(C(C)(C)C)cc(c1OCc1nccn1C)C2. The first-order valence-electron chi connectivity index (χ1n) is 31.2. The molecule has 0 saturated carbocycles. The summed E-state index contributed by atoms with van der Waals surface area (Å²) in [5.41, 5.74) is 6.16. The van der Waals surface area contributed by atoms with Gasteiger partial charge in [0.2, 0.25) is 0 Å². The third-order valence-corrected chi connectivity index (χ3v) is 20.1. The van der Waals surface area contributed by atoms with Gasteiger partial charge in [-0.05, 0) is 103 Å². The summed E-state index contributed by atoms with van der Waals surface area (Å²) in [5.74, 6) is 3.54. The molecule has 12 bridgehead atoms. The lowest BCUT2D eigenvalue weighted by molar-refractivity contribution is 0.286. The molecular formula is C72H84N6O15S3. The highest BCUT2D eigenvalue weighted by molar-refractivity contribution is 7.86. The molecule has 0 amide bonds. The van der Waals surface area contributed by atoms with Gasteiger partial charge in [0.25, 0.3) is 30.4 Å². The maximum atomic E-state index is 13.8. The highest BCUT2D eigenvalue weighted by Gasteiger charge is 2.32. The van der Waals surface area contributed by atoms with Gasteiger partial charge >= 0.3 is 0 Å². The van der Waals surface area contributed by atoms with Gasteiger partial charge in [-0.25, -0.2) is 15.0 Å². The molecule has 510 valence electrons. The number of imidazole rings is 3. The van der Waals surface area contributed by atoms with E-state index in [1.54, 1.807) is 37.2 Å². The monoisotopic (exact) mass is 1370 g/mol. The fraction of sp³-hybridized carbons (Fsp3) is 0.375. The zero-order valence-electron chi connectivity index (χ0n) is 56.9. The van der Waals surface area contributed by atoms with Crippen molar-refractivity contribution in [3.05, 3.63) is 211 Å². The molecule has 0 radical (unpaired) electrons. The van der Waals surface area contributed by atoms with Crippen LogP contribution in [0.2, 0.25) is 0 Å². The lowest BCUT2D eigenvalue weighted by Gasteiger charge is -2.27. The minimum atomic E-state index is -4.95. The summed E-state index contributed by atoms with van der Waals surface area (Å²) in [6.45, 7) is 18.2. The standard InChI is InChI=1S/C72H84N6O15S3/c1-70(2,3)55-28-43-22-49-34-58(94(79,80)81)36-51(64(49)88-13)24-45-30-56(71(4,5)6)32-47(68(45)92-41-62-74-17-20-77(62)11)26-53-38-60(96(85,86)87)39-54(66(53)90-15)27-48-33-57(72(7,8)9)31-46(69(48)93-42-63-75-18-21-78(63)12)25-52-37-59(95(82,83)84)35-50(65(52)89-14)23-44(29-55)67(43)91-40-61-73-16-19-76(61)10/h16-21,28-39H,22-27,40-42H2,1-15H3,(H,79,80,81)(H,82,83,84)(H,85,86,87). The van der Waals surface area contributed by atoms with Gasteiger partial charge in [-0.2, -0.15) is 25.3 Å². The minimum Gasteiger partial charge on any atom is -0.496 e. The molecule has 96 heavy (non-hydrogen) atoms. The van der Waals surface area contributed by atoms with Crippen LogP contribution in [0.3, 0.4) is 0 Å². The quantitative estimate of drug-likeness (QED) is 0.0805. The molecule has 6 aromatic carbocycles. The molecule has 0 fully saturated rings. The number of methoxy groups -OCH3 is 3. The number of benzene rings is 6. The molecular weight excluding hydrogens is 1290 g/mol. The van der Waals surface area contributed by atoms with Crippen LogP contribution >= 0.6 is 0 Å². The van der Waals surface area contributed by atoms with E-state index in [1.807, 2.05) is 134 Å². The van der Waals surface area contributed by atoms with Crippen molar-refractivity contribution in [1.82, 2.24) is 28.7 Å². The maximum absolute atomic E-state index is 13.8. The van der Waals surface area contributed by atoms with E-state index in [0.717, 1.165) is 16.7 Å². The summed E-state index contributed by atoms with van der Waals surface area (Å²) in [7, 11) is -4.92. The van der Waals surface area contributed by atoms with Crippen LogP contribution in [0.25, 0.3) is 0 Å². The predicted molar refractivity (Wildman–Crippen MR) is 363 cm³/mol. The average molecular weight is 1370 g/mol. The third-order valence-electron chi connectivity index (χ3n) is 17.6. The Morgan fingerprint density at radius 3 is 0.677 bits per heavy atom. The summed E-state index contributed by atoms with van der Waals surface area (Å²) < 4.78 is 162. The van der Waals surface area contributed by atoms with Crippen LogP contribution in [0.5, 0.6) is 34.5 Å². The first kappa shape index (κ1) is 70.3. The Kier molecular flexibility index (Phi) is 19.6. The van der Waals surface area contributed by atoms with Crippen molar-refractivity contribution in [2.24, 2.45) is 21.1 Å². The number of nitrogens with zero attached hydrogens (tertiary/aromatic N) is 6. The highest BCUT2D eigenvalue weighted by atomic mass is 32.2. The smallest absolute Gasteiger partial charge is 0.294 e. The molecule has 0 aliphatic heterocycles. The van der Waals surface area contributed by atoms with Gasteiger partial charge < -0.3 is 42.1 Å². The molecule has 0 spiro atoms. The van der Waals surface area contributed by atoms with Crippen molar-refractivity contribution >= 4 is 30.4 Å². The van der Waals surface area contributed by atoms with Crippen LogP contribution in [-0.2, 0) is 126 Å². The van der Waals surface area contributed by atoms with Crippen LogP contribution in [0.1, 0.15) is 163 Å². The molecule has 21 nitrogen and oxygen atoms in total. The second kappa shape index (κ2) is 26.8. The van der Waals surface area contributed by atoms with Gasteiger partial charge in [0.15, 0.2) is 0 Å². The summed E-state index contributed by atoms with van der Waals surface area (Å²) in [5, 5.41) is 0. The topological polar surface area (TPSA) is 272 Å². The average Bonchev–Trinajstić information content (AvgIpc) is 0.801. The summed E-state index contributed by atoms with van der Waals surface area (Å²) >= 11 is 0. The normalized spacial score (nSPS) is 13.4. The number of aromatic nitrogens is 6. The fourth-order valence-corrected chi connectivity index (χ4v) is 14.1. The lowest BCUT2D eigenvalue weighted by Crippen LogP contribution is -2.16. The van der Waals surface area contributed by atoms with E-state index in [0.29, 0.717) is 101 Å². The molecule has 0 unspecified atom stereocenters. The molecule has 0 atom stereocenters. The Morgan fingerprint density at radius 2 is 0.531 bits per heavy atom. The van der Waals surface area contributed by atoms with Gasteiger partial charge in [-0.1, -0.05) is 98.7 Å². The Balaban J connectivity index is 1.35. The van der Waals surface area contributed by atoms with Gasteiger partial charge in [0.1, 0.15) is 71.8 Å². The van der Waals surface area contributed by atoms with E-state index in [9.17, 15) is 38.9 Å². The molecule has 0 saturated heterocycles. The van der Waals surface area contributed by atoms with Crippen molar-refractivity contribution < 1.29 is 67.3 Å². The number of aryl methyl sites for hydroxylation is 3. The molecule has 9 aromatic rings. The molecule has 3 heterocycles. The highest BCUT2D eigenvalue weighted by Crippen LogP contribution is 2.45. The van der Waals surface area contributed by atoms with E-state index >= 15 is 0 Å². The lowest BCUT2D eigenvalue weighted by atomic mass is 9.81. The van der Waals surface area contributed by atoms with E-state index in [1.165, 1.54) is 57.7 Å². The number of ether oxygens (including phenoxy) is 6. The Bertz CT molecular complexity index is 4190. The van der Waals surface area contributed by atoms with Gasteiger partial charge in [-0.15, -0.1) is 0 Å². The van der Waals surface area contributed by atoms with Crippen LogP contribution in [0, 0.1) is 0 Å². The fourth-order valence-electron chi connectivity index (χ4n) is 12.3. The number of fused-ring (bicyclic) bond motifs is 12. The molecule has 3 N–H and O–H groups in total.